The fraction of sp³-hybridized carbons (Fsp3) is 0.600. The van der Waals surface area contributed by atoms with Crippen LogP contribution in [0.15, 0.2) is 18.2 Å². The van der Waals surface area contributed by atoms with Crippen molar-refractivity contribution >= 4 is 36.4 Å². The third-order valence-corrected chi connectivity index (χ3v) is 3.89. The third-order valence-electron chi connectivity index (χ3n) is 3.60. The Bertz CT molecular complexity index is 443. The van der Waals surface area contributed by atoms with Crippen molar-refractivity contribution in [3.63, 3.8) is 0 Å². The molecule has 6 heteroatoms. The predicted molar refractivity (Wildman–Crippen MR) is 92.5 cm³/mol. The first-order valence-electron chi connectivity index (χ1n) is 6.79. The van der Waals surface area contributed by atoms with Gasteiger partial charge in [0.15, 0.2) is 0 Å². The van der Waals surface area contributed by atoms with Gasteiger partial charge in [-0.3, -0.25) is 4.90 Å². The Labute approximate surface area is 144 Å². The molecule has 1 atom stereocenters. The number of benzene rings is 1. The van der Waals surface area contributed by atoms with Crippen LogP contribution in [0, 0.1) is 11.2 Å². The van der Waals surface area contributed by atoms with Crippen molar-refractivity contribution in [2.45, 2.75) is 26.8 Å². The molecule has 1 saturated heterocycles. The zero-order valence-electron chi connectivity index (χ0n) is 12.7. The van der Waals surface area contributed by atoms with Crippen LogP contribution >= 0.6 is 36.4 Å². The van der Waals surface area contributed by atoms with Gasteiger partial charge in [-0.2, -0.15) is 0 Å². The molecule has 0 spiro atoms. The molecule has 2 nitrogen and oxygen atoms in total. The normalized spacial score (nSPS) is 17.6. The van der Waals surface area contributed by atoms with Crippen LogP contribution in [-0.4, -0.2) is 31.1 Å². The maximum Gasteiger partial charge on any atom is 0.141 e. The fourth-order valence-corrected chi connectivity index (χ4v) is 3.07. The van der Waals surface area contributed by atoms with Gasteiger partial charge in [-0.25, -0.2) is 4.39 Å². The van der Waals surface area contributed by atoms with Gasteiger partial charge in [0.2, 0.25) is 0 Å². The molecule has 122 valence electrons. The highest BCUT2D eigenvalue weighted by atomic mass is 35.5. The van der Waals surface area contributed by atoms with Gasteiger partial charge in [0.25, 0.3) is 0 Å². The summed E-state index contributed by atoms with van der Waals surface area (Å²) < 4.78 is 13.3. The largest absolute Gasteiger partial charge is 0.314 e. The predicted octanol–water partition coefficient (Wildman–Crippen LogP) is 4.32. The lowest BCUT2D eigenvalue weighted by atomic mass is 9.81. The molecule has 1 aliphatic heterocycles. The molecule has 0 radical (unpaired) electrons. The quantitative estimate of drug-likeness (QED) is 0.848. The van der Waals surface area contributed by atoms with Crippen molar-refractivity contribution in [1.29, 1.82) is 0 Å². The van der Waals surface area contributed by atoms with E-state index in [1.54, 1.807) is 6.07 Å². The Morgan fingerprint density at radius 2 is 1.76 bits per heavy atom. The van der Waals surface area contributed by atoms with Gasteiger partial charge in [-0.1, -0.05) is 38.4 Å². The zero-order valence-corrected chi connectivity index (χ0v) is 15.0. The Morgan fingerprint density at radius 3 is 2.24 bits per heavy atom. The topological polar surface area (TPSA) is 15.3 Å². The van der Waals surface area contributed by atoms with E-state index >= 15 is 0 Å². The minimum Gasteiger partial charge on any atom is -0.314 e. The van der Waals surface area contributed by atoms with Crippen LogP contribution in [0.25, 0.3) is 0 Å². The Kier molecular flexibility index (Phi) is 8.52. The molecule has 1 N–H and O–H groups in total. The molecule has 0 unspecified atom stereocenters. The number of nitrogens with one attached hydrogen (secondary N) is 1. The Balaban J connectivity index is 0.00000200. The number of piperazine rings is 1. The van der Waals surface area contributed by atoms with Crippen LogP contribution < -0.4 is 5.32 Å². The average molecular weight is 358 g/mol. The van der Waals surface area contributed by atoms with E-state index in [1.807, 2.05) is 6.07 Å². The monoisotopic (exact) mass is 356 g/mol. The van der Waals surface area contributed by atoms with Gasteiger partial charge in [-0.15, -0.1) is 24.8 Å². The third kappa shape index (κ3) is 5.26. The Hall–Kier alpha value is -0.0600. The molecule has 0 bridgehead atoms. The first kappa shape index (κ1) is 20.9. The van der Waals surface area contributed by atoms with Crippen LogP contribution in [0.3, 0.4) is 0 Å². The van der Waals surface area contributed by atoms with E-state index in [-0.39, 0.29) is 47.1 Å². The number of rotatable bonds is 2. The molecule has 1 aliphatic rings. The maximum atomic E-state index is 13.3. The summed E-state index contributed by atoms with van der Waals surface area (Å²) >= 11 is 5.94. The SMILES string of the molecule is CC(C)(C)[C@H](c1ccc(F)c(Cl)c1)N1CCNCC1.Cl.Cl. The molecule has 1 aromatic carbocycles. The lowest BCUT2D eigenvalue weighted by Crippen LogP contribution is -2.48. The lowest BCUT2D eigenvalue weighted by molar-refractivity contribution is 0.0862. The van der Waals surface area contributed by atoms with E-state index in [0.29, 0.717) is 0 Å². The summed E-state index contributed by atoms with van der Waals surface area (Å²) in [6, 6.07) is 5.36. The highest BCUT2D eigenvalue weighted by molar-refractivity contribution is 6.30. The van der Waals surface area contributed by atoms with Crippen molar-refractivity contribution in [1.82, 2.24) is 10.2 Å². The van der Waals surface area contributed by atoms with Gasteiger partial charge >= 0.3 is 0 Å². The minimum absolute atomic E-state index is 0. The number of hydrogen-bond acceptors (Lipinski definition) is 2. The highest BCUT2D eigenvalue weighted by Gasteiger charge is 2.32. The highest BCUT2D eigenvalue weighted by Crippen LogP contribution is 2.39. The molecule has 0 amide bonds. The van der Waals surface area contributed by atoms with Crippen molar-refractivity contribution in [3.8, 4) is 0 Å². The summed E-state index contributed by atoms with van der Waals surface area (Å²) in [5.74, 6) is -0.349. The number of hydrogen-bond donors (Lipinski definition) is 1. The van der Waals surface area contributed by atoms with E-state index in [2.05, 4.69) is 31.0 Å². The second-order valence-electron chi connectivity index (χ2n) is 6.23. The Morgan fingerprint density at radius 1 is 1.19 bits per heavy atom. The number of halogens is 4. The van der Waals surface area contributed by atoms with Crippen LogP contribution in [-0.2, 0) is 0 Å². The molecule has 0 aromatic heterocycles. The molecule has 0 saturated carbocycles. The fourth-order valence-electron chi connectivity index (χ4n) is 2.88. The summed E-state index contributed by atoms with van der Waals surface area (Å²) in [5, 5.41) is 3.58. The second kappa shape index (κ2) is 8.54. The van der Waals surface area contributed by atoms with Crippen LogP contribution in [0.4, 0.5) is 4.39 Å². The smallest absolute Gasteiger partial charge is 0.141 e. The van der Waals surface area contributed by atoms with E-state index in [9.17, 15) is 4.39 Å². The standard InChI is InChI=1S/C15H22ClFN2.2ClH/c1-15(2,3)14(19-8-6-18-7-9-19)11-4-5-13(17)12(16)10-11;;/h4-5,10,14,18H,6-9H2,1-3H3;2*1H/t14-;;/m0../s1. The molecular formula is C15H24Cl3FN2. The molecular weight excluding hydrogens is 334 g/mol. The molecule has 21 heavy (non-hydrogen) atoms. The van der Waals surface area contributed by atoms with Gasteiger partial charge in [0.1, 0.15) is 5.82 Å². The first-order valence-corrected chi connectivity index (χ1v) is 7.17. The van der Waals surface area contributed by atoms with Gasteiger partial charge in [0, 0.05) is 32.2 Å². The molecule has 0 aliphatic carbocycles. The number of nitrogens with zero attached hydrogens (tertiary/aromatic N) is 1. The summed E-state index contributed by atoms with van der Waals surface area (Å²) in [7, 11) is 0. The van der Waals surface area contributed by atoms with Crippen LogP contribution in [0.1, 0.15) is 32.4 Å². The molecule has 1 aromatic rings. The summed E-state index contributed by atoms with van der Waals surface area (Å²) in [5.41, 5.74) is 1.18. The van der Waals surface area contributed by atoms with Crippen molar-refractivity contribution in [2.24, 2.45) is 5.41 Å². The summed E-state index contributed by atoms with van der Waals surface area (Å²) in [6.45, 7) is 10.7. The van der Waals surface area contributed by atoms with E-state index in [1.165, 1.54) is 6.07 Å². The zero-order chi connectivity index (χ0) is 14.0. The van der Waals surface area contributed by atoms with E-state index < -0.39 is 0 Å². The second-order valence-corrected chi connectivity index (χ2v) is 6.64. The molecule has 1 fully saturated rings. The van der Waals surface area contributed by atoms with Gasteiger partial charge in [0.05, 0.1) is 5.02 Å². The maximum absolute atomic E-state index is 13.3. The lowest BCUT2D eigenvalue weighted by Gasteiger charge is -2.42. The van der Waals surface area contributed by atoms with Crippen LogP contribution in [0.2, 0.25) is 5.02 Å². The van der Waals surface area contributed by atoms with Crippen molar-refractivity contribution in [2.75, 3.05) is 26.2 Å². The van der Waals surface area contributed by atoms with Gasteiger partial charge in [-0.05, 0) is 23.1 Å². The average Bonchev–Trinajstić information content (AvgIpc) is 2.34. The van der Waals surface area contributed by atoms with Crippen LogP contribution in [0.5, 0.6) is 0 Å². The first-order chi connectivity index (χ1) is 8.89. The van der Waals surface area contributed by atoms with Crippen molar-refractivity contribution in [3.05, 3.63) is 34.6 Å². The molecule has 1 heterocycles. The summed E-state index contributed by atoms with van der Waals surface area (Å²) in [4.78, 5) is 2.46. The summed E-state index contributed by atoms with van der Waals surface area (Å²) in [6.07, 6.45) is 0. The van der Waals surface area contributed by atoms with E-state index in [4.69, 9.17) is 11.6 Å². The minimum atomic E-state index is -0.349. The molecule has 2 rings (SSSR count). The van der Waals surface area contributed by atoms with Gasteiger partial charge < -0.3 is 5.32 Å². The van der Waals surface area contributed by atoms with Crippen molar-refractivity contribution < 1.29 is 4.39 Å². The van der Waals surface area contributed by atoms with E-state index in [0.717, 1.165) is 31.7 Å².